The lowest BCUT2D eigenvalue weighted by Gasteiger charge is -2.22. The predicted octanol–water partition coefficient (Wildman–Crippen LogP) is 2.81. The molecule has 0 spiro atoms. The van der Waals surface area contributed by atoms with Gasteiger partial charge in [0.2, 0.25) is 0 Å². The Morgan fingerprint density at radius 3 is 2.14 bits per heavy atom. The third-order valence-electron chi connectivity index (χ3n) is 3.53. The summed E-state index contributed by atoms with van der Waals surface area (Å²) in [5.41, 5.74) is 0. The fourth-order valence-electron chi connectivity index (χ4n) is 1.60. The lowest BCUT2D eigenvalue weighted by Crippen LogP contribution is -2.44. The standard InChI is InChI=1S/C15H33N3O2S.HI/c1-8-16-14(18-13(4)10-9-12(2)3)17-11-15(5,6)21(7,19)20;/h12-13H,8-11H2,1-7H3,(H2,16,17,18);1H. The molecule has 0 aliphatic heterocycles. The minimum absolute atomic E-state index is 0. The van der Waals surface area contributed by atoms with Crippen molar-refractivity contribution in [2.24, 2.45) is 10.9 Å². The maximum Gasteiger partial charge on any atom is 0.191 e. The molecule has 1 unspecified atom stereocenters. The Bertz CT molecular complexity index is 434. The van der Waals surface area contributed by atoms with Gasteiger partial charge in [-0.25, -0.2) is 8.42 Å². The van der Waals surface area contributed by atoms with Crippen LogP contribution < -0.4 is 10.6 Å². The number of rotatable bonds is 8. The van der Waals surface area contributed by atoms with E-state index in [1.165, 1.54) is 6.26 Å². The highest BCUT2D eigenvalue weighted by atomic mass is 127. The number of sulfone groups is 1. The number of nitrogens with one attached hydrogen (secondary N) is 2. The third-order valence-corrected chi connectivity index (χ3v) is 5.66. The van der Waals surface area contributed by atoms with E-state index in [1.54, 1.807) is 13.8 Å². The van der Waals surface area contributed by atoms with Crippen molar-refractivity contribution in [1.82, 2.24) is 10.6 Å². The summed E-state index contributed by atoms with van der Waals surface area (Å²) in [5.74, 6) is 1.36. The van der Waals surface area contributed by atoms with Gasteiger partial charge in [0, 0.05) is 18.8 Å². The zero-order valence-corrected chi connectivity index (χ0v) is 18.2. The normalized spacial score (nSPS) is 14.5. The van der Waals surface area contributed by atoms with Crippen molar-refractivity contribution >= 4 is 39.8 Å². The van der Waals surface area contributed by atoms with Gasteiger partial charge in [-0.1, -0.05) is 13.8 Å². The zero-order chi connectivity index (χ0) is 16.7. The quantitative estimate of drug-likeness (QED) is 0.341. The Hall–Kier alpha value is -0.0500. The van der Waals surface area contributed by atoms with Gasteiger partial charge >= 0.3 is 0 Å². The summed E-state index contributed by atoms with van der Waals surface area (Å²) in [6.45, 7) is 12.9. The van der Waals surface area contributed by atoms with Crippen molar-refractivity contribution < 1.29 is 8.42 Å². The molecule has 7 heteroatoms. The molecule has 0 aromatic heterocycles. The molecule has 5 nitrogen and oxygen atoms in total. The van der Waals surface area contributed by atoms with Gasteiger partial charge in [0.1, 0.15) is 0 Å². The van der Waals surface area contributed by atoms with E-state index in [-0.39, 0.29) is 30.5 Å². The average Bonchev–Trinajstić information content (AvgIpc) is 2.32. The molecule has 0 amide bonds. The first-order valence-corrected chi connectivity index (χ1v) is 9.63. The van der Waals surface area contributed by atoms with E-state index >= 15 is 0 Å². The van der Waals surface area contributed by atoms with E-state index in [1.807, 2.05) is 6.92 Å². The number of hydrogen-bond acceptors (Lipinski definition) is 3. The first kappa shape index (κ1) is 24.2. The Labute approximate surface area is 154 Å². The van der Waals surface area contributed by atoms with Crippen LogP contribution in [-0.4, -0.2) is 44.5 Å². The first-order valence-electron chi connectivity index (χ1n) is 7.74. The highest BCUT2D eigenvalue weighted by Gasteiger charge is 2.30. The summed E-state index contributed by atoms with van der Waals surface area (Å²) >= 11 is 0. The molecular formula is C15H34IN3O2S. The van der Waals surface area contributed by atoms with Gasteiger partial charge in [-0.05, 0) is 46.5 Å². The summed E-state index contributed by atoms with van der Waals surface area (Å²) in [7, 11) is -3.13. The Balaban J connectivity index is 0. The maximum atomic E-state index is 11.7. The average molecular weight is 447 g/mol. The summed E-state index contributed by atoms with van der Waals surface area (Å²) in [6.07, 6.45) is 3.48. The molecule has 0 aromatic rings. The number of guanidine groups is 1. The van der Waals surface area contributed by atoms with Crippen LogP contribution in [0.25, 0.3) is 0 Å². The fourth-order valence-corrected chi connectivity index (χ4v) is 1.89. The smallest absolute Gasteiger partial charge is 0.191 e. The van der Waals surface area contributed by atoms with Gasteiger partial charge in [-0.15, -0.1) is 24.0 Å². The van der Waals surface area contributed by atoms with E-state index in [9.17, 15) is 8.42 Å². The number of hydrogen-bond donors (Lipinski definition) is 2. The second kappa shape index (κ2) is 10.7. The molecule has 0 radical (unpaired) electrons. The molecule has 0 aromatic carbocycles. The molecule has 0 fully saturated rings. The van der Waals surface area contributed by atoms with Crippen molar-refractivity contribution in [3.8, 4) is 0 Å². The summed E-state index contributed by atoms with van der Waals surface area (Å²) in [4.78, 5) is 4.43. The van der Waals surface area contributed by atoms with Crippen LogP contribution in [-0.2, 0) is 9.84 Å². The van der Waals surface area contributed by atoms with Gasteiger partial charge in [-0.3, -0.25) is 4.99 Å². The summed E-state index contributed by atoms with van der Waals surface area (Å²) < 4.78 is 22.6. The molecule has 0 bridgehead atoms. The van der Waals surface area contributed by atoms with Gasteiger partial charge in [-0.2, -0.15) is 0 Å². The van der Waals surface area contributed by atoms with Gasteiger partial charge in [0.15, 0.2) is 15.8 Å². The fraction of sp³-hybridized carbons (Fsp3) is 0.933. The molecule has 1 atom stereocenters. The zero-order valence-electron chi connectivity index (χ0n) is 15.1. The van der Waals surface area contributed by atoms with Crippen LogP contribution in [0.2, 0.25) is 0 Å². The SMILES string of the molecule is CCNC(=NCC(C)(C)S(C)(=O)=O)NC(C)CCC(C)C.I. The van der Waals surface area contributed by atoms with Crippen molar-refractivity contribution in [2.75, 3.05) is 19.3 Å². The highest BCUT2D eigenvalue weighted by molar-refractivity contribution is 14.0. The van der Waals surface area contributed by atoms with Gasteiger partial charge < -0.3 is 10.6 Å². The Morgan fingerprint density at radius 1 is 1.18 bits per heavy atom. The lowest BCUT2D eigenvalue weighted by atomic mass is 10.0. The summed E-state index contributed by atoms with van der Waals surface area (Å²) in [6, 6.07) is 0.312. The minimum Gasteiger partial charge on any atom is -0.357 e. The molecule has 0 saturated heterocycles. The molecule has 0 aliphatic rings. The molecule has 134 valence electrons. The monoisotopic (exact) mass is 447 g/mol. The van der Waals surface area contributed by atoms with E-state index < -0.39 is 14.6 Å². The van der Waals surface area contributed by atoms with Gasteiger partial charge in [0.25, 0.3) is 0 Å². The summed E-state index contributed by atoms with van der Waals surface area (Å²) in [5, 5.41) is 6.51. The maximum absolute atomic E-state index is 11.7. The van der Waals surface area contributed by atoms with E-state index in [0.717, 1.165) is 19.4 Å². The highest BCUT2D eigenvalue weighted by Crippen LogP contribution is 2.15. The molecule has 0 saturated carbocycles. The Morgan fingerprint density at radius 2 is 1.73 bits per heavy atom. The van der Waals surface area contributed by atoms with Crippen molar-refractivity contribution in [1.29, 1.82) is 0 Å². The second-order valence-electron chi connectivity index (χ2n) is 6.74. The van der Waals surface area contributed by atoms with Crippen molar-refractivity contribution in [3.63, 3.8) is 0 Å². The first-order chi connectivity index (χ1) is 9.49. The van der Waals surface area contributed by atoms with Crippen LogP contribution in [0, 0.1) is 5.92 Å². The molecular weight excluding hydrogens is 413 g/mol. The van der Waals surface area contributed by atoms with Crippen LogP contribution >= 0.6 is 24.0 Å². The molecule has 0 rings (SSSR count). The lowest BCUT2D eigenvalue weighted by molar-refractivity contribution is 0.488. The third kappa shape index (κ3) is 9.86. The van der Waals surface area contributed by atoms with Crippen LogP contribution in [0.3, 0.4) is 0 Å². The van der Waals surface area contributed by atoms with Crippen LogP contribution in [0.1, 0.15) is 54.4 Å². The van der Waals surface area contributed by atoms with E-state index in [0.29, 0.717) is 17.9 Å². The minimum atomic E-state index is -3.13. The predicted molar refractivity (Wildman–Crippen MR) is 107 cm³/mol. The number of halogens is 1. The van der Waals surface area contributed by atoms with Crippen molar-refractivity contribution in [3.05, 3.63) is 0 Å². The van der Waals surface area contributed by atoms with Crippen molar-refractivity contribution in [2.45, 2.75) is 65.2 Å². The van der Waals surface area contributed by atoms with Crippen LogP contribution in [0.15, 0.2) is 4.99 Å². The second-order valence-corrected chi connectivity index (χ2v) is 9.39. The van der Waals surface area contributed by atoms with E-state index in [4.69, 9.17) is 0 Å². The molecule has 22 heavy (non-hydrogen) atoms. The van der Waals surface area contributed by atoms with Crippen LogP contribution in [0.4, 0.5) is 0 Å². The number of nitrogens with zero attached hydrogens (tertiary/aromatic N) is 1. The topological polar surface area (TPSA) is 70.6 Å². The molecule has 0 heterocycles. The largest absolute Gasteiger partial charge is 0.357 e. The number of aliphatic imine (C=N–C) groups is 1. The molecule has 2 N–H and O–H groups in total. The Kier molecular flexibility index (Phi) is 11.7. The van der Waals surface area contributed by atoms with Crippen LogP contribution in [0.5, 0.6) is 0 Å². The van der Waals surface area contributed by atoms with Gasteiger partial charge in [0.05, 0.1) is 11.3 Å². The van der Waals surface area contributed by atoms with E-state index in [2.05, 4.69) is 36.4 Å². The molecule has 0 aliphatic carbocycles.